The van der Waals surface area contributed by atoms with Gasteiger partial charge in [0.1, 0.15) is 6.33 Å². The molecule has 1 aromatic carbocycles. The smallest absolute Gasteiger partial charge is 0.407 e. The fourth-order valence-electron chi connectivity index (χ4n) is 5.10. The third kappa shape index (κ3) is 2.80. The van der Waals surface area contributed by atoms with E-state index in [0.717, 1.165) is 55.6 Å². The summed E-state index contributed by atoms with van der Waals surface area (Å²) in [7, 11) is 0. The second kappa shape index (κ2) is 6.88. The van der Waals surface area contributed by atoms with Crippen LogP contribution in [0.5, 0.6) is 0 Å². The van der Waals surface area contributed by atoms with Gasteiger partial charge in [-0.2, -0.15) is 0 Å². The Morgan fingerprint density at radius 2 is 1.71 bits per heavy atom. The van der Waals surface area contributed by atoms with Gasteiger partial charge < -0.3 is 14.9 Å². The molecule has 148 valence electrons. The molecule has 3 aliphatic heterocycles. The second-order valence-electron chi connectivity index (χ2n) is 8.26. The van der Waals surface area contributed by atoms with Crippen molar-refractivity contribution >= 4 is 22.7 Å². The summed E-state index contributed by atoms with van der Waals surface area (Å²) < 4.78 is 0. The molecule has 1 N–H and O–H groups in total. The summed E-state index contributed by atoms with van der Waals surface area (Å²) in [6.07, 6.45) is 6.11. The van der Waals surface area contributed by atoms with E-state index >= 15 is 0 Å². The molecular weight excluding hydrogens is 354 g/mol. The highest BCUT2D eigenvalue weighted by Crippen LogP contribution is 2.42. The van der Waals surface area contributed by atoms with Gasteiger partial charge in [0.25, 0.3) is 0 Å². The molecular formula is C21H27N5O2. The van der Waals surface area contributed by atoms with Crippen molar-refractivity contribution in [3.8, 4) is 0 Å². The predicted molar refractivity (Wildman–Crippen MR) is 108 cm³/mol. The van der Waals surface area contributed by atoms with Gasteiger partial charge in [-0.3, -0.25) is 4.90 Å². The second-order valence-corrected chi connectivity index (χ2v) is 8.26. The normalized spacial score (nSPS) is 22.4. The number of amides is 1. The lowest BCUT2D eigenvalue weighted by Gasteiger charge is -2.47. The number of fused-ring (bicyclic) bond motifs is 1. The Kier molecular flexibility index (Phi) is 4.34. The summed E-state index contributed by atoms with van der Waals surface area (Å²) in [5.74, 6) is 0. The van der Waals surface area contributed by atoms with Gasteiger partial charge in [0.2, 0.25) is 0 Å². The van der Waals surface area contributed by atoms with E-state index in [1.54, 1.807) is 11.2 Å². The number of carboxylic acid groups (broad SMARTS) is 1. The Morgan fingerprint density at radius 3 is 2.36 bits per heavy atom. The molecule has 3 fully saturated rings. The maximum atomic E-state index is 11.5. The van der Waals surface area contributed by atoms with Gasteiger partial charge in [0, 0.05) is 37.3 Å². The van der Waals surface area contributed by atoms with E-state index in [1.807, 2.05) is 0 Å². The quantitative estimate of drug-likeness (QED) is 0.881. The van der Waals surface area contributed by atoms with Crippen LogP contribution in [0.1, 0.15) is 37.8 Å². The Hall–Kier alpha value is -2.41. The van der Waals surface area contributed by atoms with Crippen molar-refractivity contribution in [1.82, 2.24) is 19.8 Å². The van der Waals surface area contributed by atoms with Crippen LogP contribution in [0, 0.1) is 0 Å². The highest BCUT2D eigenvalue weighted by Gasteiger charge is 2.45. The highest BCUT2D eigenvalue weighted by atomic mass is 16.4. The fourth-order valence-corrected chi connectivity index (χ4v) is 5.10. The van der Waals surface area contributed by atoms with Crippen molar-refractivity contribution in [2.24, 2.45) is 0 Å². The molecule has 2 aromatic rings. The Balaban J connectivity index is 1.56. The van der Waals surface area contributed by atoms with E-state index in [1.165, 1.54) is 24.9 Å². The zero-order chi connectivity index (χ0) is 19.1. The molecule has 3 aliphatic rings. The topological polar surface area (TPSA) is 72.8 Å². The summed E-state index contributed by atoms with van der Waals surface area (Å²) in [5, 5.41) is 10.5. The molecule has 1 amide bonds. The van der Waals surface area contributed by atoms with Crippen LogP contribution in [0.2, 0.25) is 0 Å². The summed E-state index contributed by atoms with van der Waals surface area (Å²) in [4.78, 5) is 27.3. The Labute approximate surface area is 165 Å². The zero-order valence-electron chi connectivity index (χ0n) is 16.2. The minimum absolute atomic E-state index is 0.193. The summed E-state index contributed by atoms with van der Waals surface area (Å²) in [6, 6.07) is 6.56. The van der Waals surface area contributed by atoms with Crippen LogP contribution in [0.3, 0.4) is 0 Å². The first-order valence-electron chi connectivity index (χ1n) is 10.4. The van der Waals surface area contributed by atoms with Crippen LogP contribution in [-0.4, -0.2) is 70.2 Å². The van der Waals surface area contributed by atoms with Crippen molar-refractivity contribution in [3.63, 3.8) is 0 Å². The maximum Gasteiger partial charge on any atom is 0.407 e. The molecule has 0 atom stereocenters. The molecule has 0 unspecified atom stereocenters. The average molecular weight is 381 g/mol. The molecule has 0 saturated carbocycles. The molecule has 3 saturated heterocycles. The van der Waals surface area contributed by atoms with Crippen LogP contribution in [0.15, 0.2) is 24.5 Å². The van der Waals surface area contributed by atoms with Gasteiger partial charge in [-0.1, -0.05) is 0 Å². The van der Waals surface area contributed by atoms with Crippen LogP contribution >= 0.6 is 0 Å². The SMILES string of the molecule is O=C(O)N1CCC(c2ncnc3cc(N4CCC4)ccc23)(N2CCCC2)CC1. The minimum Gasteiger partial charge on any atom is -0.465 e. The average Bonchev–Trinajstić information content (AvgIpc) is 3.21. The van der Waals surface area contributed by atoms with Crippen LogP contribution in [-0.2, 0) is 5.54 Å². The number of hydrogen-bond acceptors (Lipinski definition) is 5. The molecule has 7 nitrogen and oxygen atoms in total. The number of hydrogen-bond donors (Lipinski definition) is 1. The van der Waals surface area contributed by atoms with E-state index in [4.69, 9.17) is 4.98 Å². The molecule has 4 heterocycles. The van der Waals surface area contributed by atoms with Gasteiger partial charge in [0.15, 0.2) is 0 Å². The molecule has 0 bridgehead atoms. The van der Waals surface area contributed by atoms with Crippen molar-refractivity contribution in [2.75, 3.05) is 44.2 Å². The molecule has 0 spiro atoms. The third-order valence-corrected chi connectivity index (χ3v) is 6.85. The van der Waals surface area contributed by atoms with E-state index < -0.39 is 6.09 Å². The zero-order valence-corrected chi connectivity index (χ0v) is 16.2. The lowest BCUT2D eigenvalue weighted by molar-refractivity contribution is 0.0338. The highest BCUT2D eigenvalue weighted by molar-refractivity contribution is 5.85. The summed E-state index contributed by atoms with van der Waals surface area (Å²) in [5.41, 5.74) is 3.12. The van der Waals surface area contributed by atoms with Crippen LogP contribution in [0.4, 0.5) is 10.5 Å². The molecule has 28 heavy (non-hydrogen) atoms. The van der Waals surface area contributed by atoms with Gasteiger partial charge in [-0.25, -0.2) is 14.8 Å². The standard InChI is InChI=1S/C21H27N5O2/c27-20(28)25-12-6-21(7-13-25,26-10-1-2-11-26)19-17-5-4-16(24-8-3-9-24)14-18(17)22-15-23-19/h4-5,14-15H,1-3,6-13H2,(H,27,28). The number of rotatable bonds is 3. The number of aromatic nitrogens is 2. The predicted octanol–water partition coefficient (Wildman–Crippen LogP) is 2.90. The Bertz CT molecular complexity index is 883. The van der Waals surface area contributed by atoms with Gasteiger partial charge >= 0.3 is 6.09 Å². The van der Waals surface area contributed by atoms with Gasteiger partial charge in [0.05, 0.1) is 16.7 Å². The number of anilines is 1. The van der Waals surface area contributed by atoms with Crippen LogP contribution in [0.25, 0.3) is 10.9 Å². The van der Waals surface area contributed by atoms with E-state index in [2.05, 4.69) is 33.0 Å². The first kappa shape index (κ1) is 17.7. The van der Waals surface area contributed by atoms with E-state index in [0.29, 0.717) is 13.1 Å². The van der Waals surface area contributed by atoms with E-state index in [9.17, 15) is 9.90 Å². The lowest BCUT2D eigenvalue weighted by Crippen LogP contribution is -2.53. The number of likely N-dealkylation sites (tertiary alicyclic amines) is 2. The minimum atomic E-state index is -0.818. The summed E-state index contributed by atoms with van der Waals surface area (Å²) >= 11 is 0. The molecule has 5 rings (SSSR count). The molecule has 7 heteroatoms. The van der Waals surface area contributed by atoms with E-state index in [-0.39, 0.29) is 5.54 Å². The van der Waals surface area contributed by atoms with Crippen molar-refractivity contribution in [3.05, 3.63) is 30.2 Å². The van der Waals surface area contributed by atoms with Crippen molar-refractivity contribution < 1.29 is 9.90 Å². The lowest BCUT2D eigenvalue weighted by atomic mass is 9.81. The summed E-state index contributed by atoms with van der Waals surface area (Å²) in [6.45, 7) is 5.47. The monoisotopic (exact) mass is 381 g/mol. The largest absolute Gasteiger partial charge is 0.465 e. The van der Waals surface area contributed by atoms with Gasteiger partial charge in [-0.15, -0.1) is 0 Å². The Morgan fingerprint density at radius 1 is 0.964 bits per heavy atom. The number of piperidine rings is 1. The maximum absolute atomic E-state index is 11.5. The van der Waals surface area contributed by atoms with Crippen molar-refractivity contribution in [1.29, 1.82) is 0 Å². The molecule has 0 radical (unpaired) electrons. The van der Waals surface area contributed by atoms with Crippen LogP contribution < -0.4 is 4.90 Å². The first-order chi connectivity index (χ1) is 13.7. The number of carbonyl (C=O) groups is 1. The number of benzene rings is 1. The molecule has 1 aromatic heterocycles. The number of nitrogens with zero attached hydrogens (tertiary/aromatic N) is 5. The van der Waals surface area contributed by atoms with Gasteiger partial charge in [-0.05, 0) is 63.4 Å². The van der Waals surface area contributed by atoms with Crippen molar-refractivity contribution in [2.45, 2.75) is 37.6 Å². The third-order valence-electron chi connectivity index (χ3n) is 6.85. The first-order valence-corrected chi connectivity index (χ1v) is 10.4. The fraction of sp³-hybridized carbons (Fsp3) is 0.571. The molecule has 0 aliphatic carbocycles.